The molecule has 0 bridgehead atoms. The molecule has 1 amide bonds. The smallest absolute Gasteiger partial charge is 0.271 e. The first kappa shape index (κ1) is 13.6. The second-order valence-corrected chi connectivity index (χ2v) is 5.08. The van der Waals surface area contributed by atoms with Gasteiger partial charge in [-0.1, -0.05) is 23.4 Å². The van der Waals surface area contributed by atoms with Crippen LogP contribution in [0.1, 0.15) is 23.3 Å². The number of nitrogens with zero attached hydrogens (tertiary/aromatic N) is 2. The van der Waals surface area contributed by atoms with Crippen molar-refractivity contribution in [3.05, 3.63) is 16.9 Å². The Morgan fingerprint density at radius 3 is 3.22 bits per heavy atom. The standard InChI is InChI=1S/C11H14ClN3O2S/c1-18-11-14-6-8(12)9(15-11)10(16)13-5-7-3-2-4-17-7/h6-7H,2-5H2,1H3,(H,13,16)/t7-/m0/s1. The summed E-state index contributed by atoms with van der Waals surface area (Å²) in [5.41, 5.74) is 0.217. The van der Waals surface area contributed by atoms with Gasteiger partial charge in [-0.05, 0) is 19.1 Å². The van der Waals surface area contributed by atoms with Gasteiger partial charge in [-0.2, -0.15) is 0 Å². The van der Waals surface area contributed by atoms with Gasteiger partial charge in [0.05, 0.1) is 17.3 Å². The van der Waals surface area contributed by atoms with Crippen LogP contribution >= 0.6 is 23.4 Å². The fourth-order valence-electron chi connectivity index (χ4n) is 1.70. The Balaban J connectivity index is 1.98. The maximum absolute atomic E-state index is 11.9. The van der Waals surface area contributed by atoms with E-state index in [1.165, 1.54) is 18.0 Å². The van der Waals surface area contributed by atoms with E-state index in [1.54, 1.807) is 0 Å². The molecule has 1 aromatic rings. The van der Waals surface area contributed by atoms with Gasteiger partial charge in [-0.3, -0.25) is 4.79 Å². The van der Waals surface area contributed by atoms with E-state index >= 15 is 0 Å². The van der Waals surface area contributed by atoms with E-state index in [-0.39, 0.29) is 22.7 Å². The van der Waals surface area contributed by atoms with E-state index in [2.05, 4.69) is 15.3 Å². The quantitative estimate of drug-likeness (QED) is 0.675. The van der Waals surface area contributed by atoms with Gasteiger partial charge in [-0.15, -0.1) is 0 Å². The molecule has 1 aromatic heterocycles. The zero-order valence-corrected chi connectivity index (χ0v) is 11.6. The zero-order valence-electron chi connectivity index (χ0n) is 9.98. The van der Waals surface area contributed by atoms with Crippen molar-refractivity contribution in [2.45, 2.75) is 24.1 Å². The van der Waals surface area contributed by atoms with Crippen LogP contribution in [0.5, 0.6) is 0 Å². The third-order valence-corrected chi connectivity index (χ3v) is 3.47. The first-order valence-corrected chi connectivity index (χ1v) is 7.27. The number of nitrogens with one attached hydrogen (secondary N) is 1. The van der Waals surface area contributed by atoms with Gasteiger partial charge in [0.15, 0.2) is 10.9 Å². The normalized spacial score (nSPS) is 18.9. The molecule has 98 valence electrons. The Morgan fingerprint density at radius 2 is 2.56 bits per heavy atom. The highest BCUT2D eigenvalue weighted by molar-refractivity contribution is 7.98. The number of aromatic nitrogens is 2. The summed E-state index contributed by atoms with van der Waals surface area (Å²) in [7, 11) is 0. The summed E-state index contributed by atoms with van der Waals surface area (Å²) in [5, 5.41) is 3.58. The van der Waals surface area contributed by atoms with E-state index in [9.17, 15) is 4.79 Å². The molecule has 1 N–H and O–H groups in total. The van der Waals surface area contributed by atoms with Gasteiger partial charge in [0, 0.05) is 13.2 Å². The summed E-state index contributed by atoms with van der Waals surface area (Å²) in [6, 6.07) is 0. The Labute approximate surface area is 115 Å². The number of carbonyl (C=O) groups is 1. The van der Waals surface area contributed by atoms with Crippen molar-refractivity contribution in [2.75, 3.05) is 19.4 Å². The number of thioether (sulfide) groups is 1. The molecule has 0 spiro atoms. The highest BCUT2D eigenvalue weighted by Crippen LogP contribution is 2.16. The first-order valence-electron chi connectivity index (χ1n) is 5.67. The number of carbonyl (C=O) groups excluding carboxylic acids is 1. The first-order chi connectivity index (χ1) is 8.70. The molecule has 18 heavy (non-hydrogen) atoms. The van der Waals surface area contributed by atoms with E-state index in [4.69, 9.17) is 16.3 Å². The lowest BCUT2D eigenvalue weighted by atomic mass is 10.2. The Morgan fingerprint density at radius 1 is 1.72 bits per heavy atom. The van der Waals surface area contributed by atoms with Gasteiger partial charge in [0.25, 0.3) is 5.91 Å². The molecule has 1 aliphatic rings. The van der Waals surface area contributed by atoms with Crippen molar-refractivity contribution in [3.63, 3.8) is 0 Å². The molecule has 0 unspecified atom stereocenters. The van der Waals surface area contributed by atoms with E-state index in [0.29, 0.717) is 11.7 Å². The minimum atomic E-state index is -0.284. The molecule has 2 heterocycles. The zero-order chi connectivity index (χ0) is 13.0. The molecule has 2 rings (SSSR count). The number of halogens is 1. The van der Waals surface area contributed by atoms with E-state index < -0.39 is 0 Å². The third kappa shape index (κ3) is 3.34. The second kappa shape index (κ2) is 6.36. The minimum absolute atomic E-state index is 0.106. The molecule has 0 aromatic carbocycles. The van der Waals surface area contributed by atoms with Crippen LogP contribution in [0.4, 0.5) is 0 Å². The predicted octanol–water partition coefficient (Wildman–Crippen LogP) is 1.76. The van der Waals surface area contributed by atoms with Crippen LogP contribution in [0, 0.1) is 0 Å². The average molecular weight is 288 g/mol. The Bertz CT molecular complexity index is 438. The minimum Gasteiger partial charge on any atom is -0.376 e. The van der Waals surface area contributed by atoms with Gasteiger partial charge in [0.1, 0.15) is 0 Å². The largest absolute Gasteiger partial charge is 0.376 e. The van der Waals surface area contributed by atoms with Crippen molar-refractivity contribution >= 4 is 29.3 Å². The summed E-state index contributed by atoms with van der Waals surface area (Å²) in [6.07, 6.45) is 5.42. The topological polar surface area (TPSA) is 64.1 Å². The fraction of sp³-hybridized carbons (Fsp3) is 0.545. The summed E-state index contributed by atoms with van der Waals surface area (Å²) < 4.78 is 5.43. The molecule has 1 aliphatic heterocycles. The van der Waals surface area contributed by atoms with Crippen molar-refractivity contribution in [3.8, 4) is 0 Å². The lowest BCUT2D eigenvalue weighted by Crippen LogP contribution is -2.32. The van der Waals surface area contributed by atoms with Crippen LogP contribution in [0.15, 0.2) is 11.4 Å². The molecule has 5 nitrogen and oxygen atoms in total. The number of hydrogen-bond acceptors (Lipinski definition) is 5. The lowest BCUT2D eigenvalue weighted by Gasteiger charge is -2.11. The van der Waals surface area contributed by atoms with Gasteiger partial charge >= 0.3 is 0 Å². The van der Waals surface area contributed by atoms with Gasteiger partial charge in [-0.25, -0.2) is 9.97 Å². The van der Waals surface area contributed by atoms with Gasteiger partial charge < -0.3 is 10.1 Å². The SMILES string of the molecule is CSc1ncc(Cl)c(C(=O)NC[C@@H]2CCCO2)n1. The molecule has 7 heteroatoms. The predicted molar refractivity (Wildman–Crippen MR) is 70.1 cm³/mol. The highest BCUT2D eigenvalue weighted by atomic mass is 35.5. The van der Waals surface area contributed by atoms with Crippen LogP contribution in [0.25, 0.3) is 0 Å². The molecule has 0 aliphatic carbocycles. The number of rotatable bonds is 4. The number of amides is 1. The summed E-state index contributed by atoms with van der Waals surface area (Å²) in [4.78, 5) is 20.0. The number of hydrogen-bond donors (Lipinski definition) is 1. The molecular formula is C11H14ClN3O2S. The van der Waals surface area contributed by atoms with Crippen molar-refractivity contribution in [1.29, 1.82) is 0 Å². The maximum Gasteiger partial charge on any atom is 0.271 e. The van der Waals surface area contributed by atoms with Crippen LogP contribution in [-0.4, -0.2) is 41.4 Å². The van der Waals surface area contributed by atoms with Crippen molar-refractivity contribution in [2.24, 2.45) is 0 Å². The maximum atomic E-state index is 11.9. The molecule has 0 radical (unpaired) electrons. The fourth-order valence-corrected chi connectivity index (χ4v) is 2.22. The number of ether oxygens (including phenoxy) is 1. The molecule has 1 atom stereocenters. The van der Waals surface area contributed by atoms with Crippen LogP contribution in [0.2, 0.25) is 5.02 Å². The van der Waals surface area contributed by atoms with Crippen LogP contribution in [0.3, 0.4) is 0 Å². The van der Waals surface area contributed by atoms with Crippen molar-refractivity contribution < 1.29 is 9.53 Å². The van der Waals surface area contributed by atoms with Crippen LogP contribution < -0.4 is 5.32 Å². The Kier molecular flexibility index (Phi) is 4.79. The monoisotopic (exact) mass is 287 g/mol. The summed E-state index contributed by atoms with van der Waals surface area (Å²) in [5.74, 6) is -0.284. The van der Waals surface area contributed by atoms with Crippen molar-refractivity contribution in [1.82, 2.24) is 15.3 Å². The van der Waals surface area contributed by atoms with E-state index in [1.807, 2.05) is 6.26 Å². The average Bonchev–Trinajstić information content (AvgIpc) is 2.89. The van der Waals surface area contributed by atoms with E-state index in [0.717, 1.165) is 19.4 Å². The summed E-state index contributed by atoms with van der Waals surface area (Å²) in [6.45, 7) is 1.26. The lowest BCUT2D eigenvalue weighted by molar-refractivity contribution is 0.0853. The highest BCUT2D eigenvalue weighted by Gasteiger charge is 2.19. The van der Waals surface area contributed by atoms with Crippen LogP contribution in [-0.2, 0) is 4.74 Å². The van der Waals surface area contributed by atoms with Gasteiger partial charge in [0.2, 0.25) is 0 Å². The Hall–Kier alpha value is -0.850. The summed E-state index contributed by atoms with van der Waals surface area (Å²) >= 11 is 7.28. The molecule has 1 fully saturated rings. The third-order valence-electron chi connectivity index (χ3n) is 2.63. The molecule has 0 saturated carbocycles. The molecule has 1 saturated heterocycles. The molecular weight excluding hydrogens is 274 g/mol. The second-order valence-electron chi connectivity index (χ2n) is 3.90.